The van der Waals surface area contributed by atoms with Crippen LogP contribution in [-0.4, -0.2) is 11.6 Å². The Morgan fingerprint density at radius 3 is 2.12 bits per heavy atom. The van der Waals surface area contributed by atoms with Gasteiger partial charge in [-0.25, -0.2) is 0 Å². The molecule has 0 bridgehead atoms. The molecule has 0 heterocycles. The van der Waals surface area contributed by atoms with Gasteiger partial charge in [-0.3, -0.25) is 0 Å². The minimum atomic E-state index is 0.196. The van der Waals surface area contributed by atoms with Gasteiger partial charge in [0, 0.05) is 34.8 Å². The van der Waals surface area contributed by atoms with Crippen LogP contribution in [0.25, 0.3) is 27.8 Å². The third kappa shape index (κ3) is 5.19. The lowest BCUT2D eigenvalue weighted by Crippen LogP contribution is -2.26. The number of hydrogen-bond donors (Lipinski definition) is 2. The number of hydrogen-bond acceptors (Lipinski definition) is 2. The maximum atomic E-state index is 3.93. The zero-order valence-corrected chi connectivity index (χ0v) is 24.3. The van der Waals surface area contributed by atoms with Gasteiger partial charge in [-0.1, -0.05) is 133 Å². The summed E-state index contributed by atoms with van der Waals surface area (Å²) in [5.41, 5.74) is 11.7. The monoisotopic (exact) mass is 556 g/mol. The molecule has 3 unspecified atom stereocenters. The maximum absolute atomic E-state index is 3.93. The van der Waals surface area contributed by atoms with E-state index in [2.05, 4.69) is 162 Å². The first-order valence-corrected chi connectivity index (χ1v) is 15.6. The van der Waals surface area contributed by atoms with E-state index in [4.69, 9.17) is 0 Å². The van der Waals surface area contributed by atoms with Crippen molar-refractivity contribution >= 4 is 16.9 Å². The van der Waals surface area contributed by atoms with Gasteiger partial charge in [-0.2, -0.15) is 0 Å². The normalized spacial score (nSPS) is 23.4. The number of benzene rings is 5. The lowest BCUT2D eigenvalue weighted by atomic mass is 9.80. The lowest BCUT2D eigenvalue weighted by molar-refractivity contribution is 0.599. The predicted molar refractivity (Wildman–Crippen MR) is 181 cm³/mol. The molecule has 0 amide bonds. The summed E-state index contributed by atoms with van der Waals surface area (Å²) < 4.78 is 0. The maximum Gasteiger partial charge on any atom is 0.0626 e. The summed E-state index contributed by atoms with van der Waals surface area (Å²) >= 11 is 0. The smallest absolute Gasteiger partial charge is 0.0626 e. The molecule has 1 fully saturated rings. The van der Waals surface area contributed by atoms with Crippen LogP contribution in [0.3, 0.4) is 0 Å². The highest BCUT2D eigenvalue weighted by Gasteiger charge is 2.56. The van der Waals surface area contributed by atoms with Crippen molar-refractivity contribution in [2.45, 2.75) is 36.8 Å². The van der Waals surface area contributed by atoms with Crippen LogP contribution in [-0.2, 0) is 0 Å². The Hall–Kier alpha value is -4.82. The number of nitrogens with one attached hydrogen (secondary N) is 2. The predicted octanol–water partition coefficient (Wildman–Crippen LogP) is 10.2. The molecule has 5 aromatic carbocycles. The molecule has 1 saturated carbocycles. The minimum absolute atomic E-state index is 0.196. The molecule has 0 aliphatic heterocycles. The van der Waals surface area contributed by atoms with E-state index in [1.54, 1.807) is 0 Å². The quantitative estimate of drug-likeness (QED) is 0.186. The van der Waals surface area contributed by atoms with Crippen molar-refractivity contribution in [3.8, 4) is 22.3 Å². The molecule has 3 aliphatic carbocycles. The summed E-state index contributed by atoms with van der Waals surface area (Å²) in [6.07, 6.45) is 10.5. The van der Waals surface area contributed by atoms with Gasteiger partial charge in [0.1, 0.15) is 0 Å². The van der Waals surface area contributed by atoms with E-state index in [0.717, 1.165) is 12.8 Å². The first kappa shape index (κ1) is 25.9. The van der Waals surface area contributed by atoms with Crippen molar-refractivity contribution in [1.82, 2.24) is 0 Å². The van der Waals surface area contributed by atoms with Crippen molar-refractivity contribution in [2.75, 3.05) is 10.6 Å². The summed E-state index contributed by atoms with van der Waals surface area (Å²) in [4.78, 5) is 0. The van der Waals surface area contributed by atoms with Gasteiger partial charge in [-0.15, -0.1) is 0 Å². The Balaban J connectivity index is 1.10. The highest BCUT2D eigenvalue weighted by molar-refractivity contribution is 5.80. The van der Waals surface area contributed by atoms with Crippen LogP contribution in [0.1, 0.15) is 36.3 Å². The van der Waals surface area contributed by atoms with Crippen LogP contribution < -0.4 is 10.6 Å². The molecule has 2 nitrogen and oxygen atoms in total. The second-order valence-corrected chi connectivity index (χ2v) is 12.4. The third-order valence-electron chi connectivity index (χ3n) is 9.50. The Labute approximate surface area is 254 Å². The number of fused-ring (bicyclic) bond motifs is 1. The van der Waals surface area contributed by atoms with Crippen molar-refractivity contribution in [3.05, 3.63) is 163 Å². The van der Waals surface area contributed by atoms with E-state index in [9.17, 15) is 0 Å². The molecule has 0 aromatic heterocycles. The molecular weight excluding hydrogens is 520 g/mol. The molecule has 2 heteroatoms. The fourth-order valence-corrected chi connectivity index (χ4v) is 7.02. The SMILES string of the molecule is C1=C[C@]2(Nc3ccccc3-c3cccc(C4C=C(c5ccccc5)CC(Nc5cccc(-c6ccccc6)c5)C4)c3)CC12. The largest absolute Gasteiger partial charge is 0.382 e. The molecular formula is C41H36N2. The van der Waals surface area contributed by atoms with E-state index in [1.807, 2.05) is 0 Å². The number of rotatable bonds is 8. The molecule has 3 aliphatic rings. The molecule has 4 atom stereocenters. The van der Waals surface area contributed by atoms with E-state index in [0.29, 0.717) is 17.9 Å². The van der Waals surface area contributed by atoms with Crippen molar-refractivity contribution in [3.63, 3.8) is 0 Å². The van der Waals surface area contributed by atoms with Crippen LogP contribution >= 0.6 is 0 Å². The topological polar surface area (TPSA) is 24.1 Å². The highest BCUT2D eigenvalue weighted by atomic mass is 15.1. The lowest BCUT2D eigenvalue weighted by Gasteiger charge is -2.31. The number of para-hydroxylation sites is 1. The summed E-state index contributed by atoms with van der Waals surface area (Å²) in [6.45, 7) is 0. The average molecular weight is 557 g/mol. The van der Waals surface area contributed by atoms with Crippen molar-refractivity contribution in [1.29, 1.82) is 0 Å². The van der Waals surface area contributed by atoms with Gasteiger partial charge in [0.25, 0.3) is 0 Å². The van der Waals surface area contributed by atoms with E-state index < -0.39 is 0 Å². The average Bonchev–Trinajstić information content (AvgIpc) is 3.59. The van der Waals surface area contributed by atoms with Crippen molar-refractivity contribution in [2.24, 2.45) is 5.92 Å². The third-order valence-corrected chi connectivity index (χ3v) is 9.50. The van der Waals surface area contributed by atoms with Gasteiger partial charge in [0.05, 0.1) is 5.54 Å². The van der Waals surface area contributed by atoms with Gasteiger partial charge in [-0.05, 0) is 70.9 Å². The van der Waals surface area contributed by atoms with Crippen LogP contribution in [0.4, 0.5) is 11.4 Å². The molecule has 210 valence electrons. The molecule has 0 spiro atoms. The molecule has 2 N–H and O–H groups in total. The first-order valence-electron chi connectivity index (χ1n) is 15.6. The second kappa shape index (κ2) is 10.8. The van der Waals surface area contributed by atoms with E-state index in [1.165, 1.54) is 56.7 Å². The zero-order valence-electron chi connectivity index (χ0n) is 24.3. The Morgan fingerprint density at radius 1 is 0.628 bits per heavy atom. The molecule has 0 saturated heterocycles. The van der Waals surface area contributed by atoms with E-state index in [-0.39, 0.29) is 5.54 Å². The van der Waals surface area contributed by atoms with Crippen LogP contribution in [0.2, 0.25) is 0 Å². The van der Waals surface area contributed by atoms with Crippen LogP contribution in [0.5, 0.6) is 0 Å². The van der Waals surface area contributed by atoms with Crippen LogP contribution in [0, 0.1) is 5.92 Å². The molecule has 5 aromatic rings. The Morgan fingerprint density at radius 2 is 1.35 bits per heavy atom. The standard InChI is InChI=1S/C41H36N2/c1-3-11-29(12-4-1)32-16-10-18-37(25-32)42-38-26-34(30-13-5-2-6-14-30)24-35(27-38)31-15-9-17-33(23-31)39-19-7-8-20-40(39)43-41-22-21-36(41)28-41/h1-25,35-36,38,42-43H,26-28H2/t35?,36?,38?,41-/m0/s1. The summed E-state index contributed by atoms with van der Waals surface area (Å²) in [5.74, 6) is 1.02. The summed E-state index contributed by atoms with van der Waals surface area (Å²) in [7, 11) is 0. The Bertz CT molecular complexity index is 1820. The van der Waals surface area contributed by atoms with Gasteiger partial charge in [0.15, 0.2) is 0 Å². The minimum Gasteiger partial charge on any atom is -0.382 e. The highest BCUT2D eigenvalue weighted by Crippen LogP contribution is 2.56. The van der Waals surface area contributed by atoms with Gasteiger partial charge in [0.2, 0.25) is 0 Å². The fourth-order valence-electron chi connectivity index (χ4n) is 7.02. The number of anilines is 2. The molecule has 8 rings (SSSR count). The van der Waals surface area contributed by atoms with Gasteiger partial charge < -0.3 is 10.6 Å². The zero-order chi connectivity index (χ0) is 28.6. The fraction of sp³-hybridized carbons (Fsp3) is 0.171. The van der Waals surface area contributed by atoms with Crippen LogP contribution in [0.15, 0.2) is 152 Å². The summed E-state index contributed by atoms with van der Waals surface area (Å²) in [6, 6.07) is 48.7. The number of allylic oxidation sites excluding steroid dienone is 1. The van der Waals surface area contributed by atoms with Gasteiger partial charge >= 0.3 is 0 Å². The van der Waals surface area contributed by atoms with E-state index >= 15 is 0 Å². The molecule has 0 radical (unpaired) electrons. The summed E-state index contributed by atoms with van der Waals surface area (Å²) in [5, 5.41) is 7.80. The second-order valence-electron chi connectivity index (χ2n) is 12.4. The van der Waals surface area contributed by atoms with Crippen molar-refractivity contribution < 1.29 is 0 Å². The first-order chi connectivity index (χ1) is 21.2. The Kier molecular flexibility index (Phi) is 6.48. The molecule has 43 heavy (non-hydrogen) atoms.